The number of rotatable bonds is 5. The number of hydrogen-bond donors (Lipinski definition) is 0. The Morgan fingerprint density at radius 2 is 2.10 bits per heavy atom. The van der Waals surface area contributed by atoms with E-state index in [1.54, 1.807) is 23.2 Å². The SMILES string of the molecule is CCOC(=O)CN(C(=O)c1cc2sccc2s1)C(C)C. The van der Waals surface area contributed by atoms with Crippen LogP contribution in [0, 0.1) is 0 Å². The van der Waals surface area contributed by atoms with Crippen molar-refractivity contribution in [3.05, 3.63) is 22.4 Å². The van der Waals surface area contributed by atoms with Gasteiger partial charge in [0.2, 0.25) is 0 Å². The van der Waals surface area contributed by atoms with Gasteiger partial charge >= 0.3 is 5.97 Å². The molecule has 2 rings (SSSR count). The Morgan fingerprint density at radius 3 is 2.70 bits per heavy atom. The summed E-state index contributed by atoms with van der Waals surface area (Å²) in [6, 6.07) is 3.85. The Labute approximate surface area is 126 Å². The van der Waals surface area contributed by atoms with E-state index in [0.717, 1.165) is 9.40 Å². The normalized spacial score (nSPS) is 11.0. The number of amides is 1. The lowest BCUT2D eigenvalue weighted by Gasteiger charge is -2.25. The number of fused-ring (bicyclic) bond motifs is 1. The molecule has 0 atom stereocenters. The summed E-state index contributed by atoms with van der Waals surface area (Å²) < 4.78 is 7.14. The monoisotopic (exact) mass is 311 g/mol. The van der Waals surface area contributed by atoms with Crippen molar-refractivity contribution in [1.29, 1.82) is 0 Å². The predicted molar refractivity (Wildman–Crippen MR) is 82.5 cm³/mol. The van der Waals surface area contributed by atoms with Gasteiger partial charge < -0.3 is 9.64 Å². The van der Waals surface area contributed by atoms with Crippen LogP contribution in [0.4, 0.5) is 0 Å². The highest BCUT2D eigenvalue weighted by atomic mass is 32.1. The lowest BCUT2D eigenvalue weighted by Crippen LogP contribution is -2.41. The number of hydrogen-bond acceptors (Lipinski definition) is 5. The molecule has 2 aromatic heterocycles. The van der Waals surface area contributed by atoms with Crippen LogP contribution < -0.4 is 0 Å². The molecule has 0 unspecified atom stereocenters. The largest absolute Gasteiger partial charge is 0.465 e. The fourth-order valence-corrected chi connectivity index (χ4v) is 3.91. The van der Waals surface area contributed by atoms with Crippen molar-refractivity contribution in [2.24, 2.45) is 0 Å². The van der Waals surface area contributed by atoms with E-state index < -0.39 is 0 Å². The fourth-order valence-electron chi connectivity index (χ4n) is 1.85. The summed E-state index contributed by atoms with van der Waals surface area (Å²) in [4.78, 5) is 26.4. The smallest absolute Gasteiger partial charge is 0.325 e. The van der Waals surface area contributed by atoms with Gasteiger partial charge in [-0.1, -0.05) is 0 Å². The highest BCUT2D eigenvalue weighted by Gasteiger charge is 2.23. The molecule has 0 aliphatic rings. The molecule has 0 N–H and O–H groups in total. The van der Waals surface area contributed by atoms with Crippen LogP contribution in [0.5, 0.6) is 0 Å². The van der Waals surface area contributed by atoms with Crippen molar-refractivity contribution in [1.82, 2.24) is 4.90 Å². The Morgan fingerprint density at radius 1 is 1.35 bits per heavy atom. The molecule has 0 saturated carbocycles. The highest BCUT2D eigenvalue weighted by Crippen LogP contribution is 2.30. The number of ether oxygens (including phenoxy) is 1. The molecule has 0 radical (unpaired) electrons. The first-order chi connectivity index (χ1) is 9.52. The maximum Gasteiger partial charge on any atom is 0.325 e. The van der Waals surface area contributed by atoms with Crippen LogP contribution >= 0.6 is 22.7 Å². The van der Waals surface area contributed by atoms with Crippen LogP contribution in [0.25, 0.3) is 9.40 Å². The second kappa shape index (κ2) is 6.37. The Kier molecular flexibility index (Phi) is 4.77. The van der Waals surface area contributed by atoms with Gasteiger partial charge in [-0.2, -0.15) is 0 Å². The van der Waals surface area contributed by atoms with Crippen LogP contribution in [0.2, 0.25) is 0 Å². The first-order valence-electron chi connectivity index (χ1n) is 6.46. The third-order valence-electron chi connectivity index (χ3n) is 2.84. The molecule has 20 heavy (non-hydrogen) atoms. The maximum absolute atomic E-state index is 12.5. The molecule has 6 heteroatoms. The van der Waals surface area contributed by atoms with E-state index in [2.05, 4.69) is 0 Å². The van der Waals surface area contributed by atoms with E-state index in [0.29, 0.717) is 11.5 Å². The highest BCUT2D eigenvalue weighted by molar-refractivity contribution is 7.27. The van der Waals surface area contributed by atoms with Gasteiger partial charge in [-0.25, -0.2) is 0 Å². The van der Waals surface area contributed by atoms with Crippen LogP contribution in [-0.2, 0) is 9.53 Å². The van der Waals surface area contributed by atoms with Crippen LogP contribution in [0.1, 0.15) is 30.4 Å². The van der Waals surface area contributed by atoms with Crippen molar-refractivity contribution >= 4 is 43.9 Å². The molecule has 0 spiro atoms. The number of thiophene rings is 2. The van der Waals surface area contributed by atoms with Gasteiger partial charge in [-0.05, 0) is 38.3 Å². The molecule has 1 amide bonds. The van der Waals surface area contributed by atoms with E-state index in [1.165, 1.54) is 11.3 Å². The van der Waals surface area contributed by atoms with Crippen molar-refractivity contribution in [2.75, 3.05) is 13.2 Å². The first kappa shape index (κ1) is 15.0. The number of nitrogens with zero attached hydrogens (tertiary/aromatic N) is 1. The predicted octanol–water partition coefficient (Wildman–Crippen LogP) is 3.38. The summed E-state index contributed by atoms with van der Waals surface area (Å²) in [6.45, 7) is 5.87. The summed E-state index contributed by atoms with van der Waals surface area (Å²) in [5.74, 6) is -0.477. The Hall–Kier alpha value is -1.40. The van der Waals surface area contributed by atoms with Crippen LogP contribution in [0.15, 0.2) is 17.5 Å². The minimum absolute atomic E-state index is 0.00408. The molecule has 2 heterocycles. The number of carbonyl (C=O) groups excluding carboxylic acids is 2. The zero-order valence-corrected chi connectivity index (χ0v) is 13.3. The molecule has 0 aromatic carbocycles. The van der Waals surface area contributed by atoms with E-state index in [-0.39, 0.29) is 24.5 Å². The summed E-state index contributed by atoms with van der Waals surface area (Å²) in [6.07, 6.45) is 0. The standard InChI is InChI=1S/C14H17NO3S2/c1-4-18-13(16)8-15(9(2)3)14(17)12-7-11-10(20-12)5-6-19-11/h5-7,9H,4,8H2,1-3H3. The fraction of sp³-hybridized carbons (Fsp3) is 0.429. The number of esters is 1. The quantitative estimate of drug-likeness (QED) is 0.795. The molecule has 0 fully saturated rings. The minimum Gasteiger partial charge on any atom is -0.465 e. The van der Waals surface area contributed by atoms with Gasteiger partial charge in [0.1, 0.15) is 6.54 Å². The van der Waals surface area contributed by atoms with Gasteiger partial charge in [0, 0.05) is 15.4 Å². The molecule has 0 saturated heterocycles. The van der Waals surface area contributed by atoms with Crippen molar-refractivity contribution in [3.8, 4) is 0 Å². The van der Waals surface area contributed by atoms with Gasteiger partial charge in [0.15, 0.2) is 0 Å². The van der Waals surface area contributed by atoms with Gasteiger partial charge in [-0.15, -0.1) is 22.7 Å². The van der Waals surface area contributed by atoms with E-state index in [1.807, 2.05) is 31.4 Å². The van der Waals surface area contributed by atoms with Crippen molar-refractivity contribution in [3.63, 3.8) is 0 Å². The lowest BCUT2D eigenvalue weighted by molar-refractivity contribution is -0.144. The average Bonchev–Trinajstić information content (AvgIpc) is 2.95. The topological polar surface area (TPSA) is 46.6 Å². The van der Waals surface area contributed by atoms with Gasteiger partial charge in [0.25, 0.3) is 5.91 Å². The molecule has 108 valence electrons. The molecule has 4 nitrogen and oxygen atoms in total. The Balaban J connectivity index is 2.18. The molecule has 0 aliphatic heterocycles. The van der Waals surface area contributed by atoms with Gasteiger partial charge in [-0.3, -0.25) is 9.59 Å². The third-order valence-corrected chi connectivity index (χ3v) is 4.92. The zero-order valence-electron chi connectivity index (χ0n) is 11.7. The van der Waals surface area contributed by atoms with Crippen LogP contribution in [0.3, 0.4) is 0 Å². The summed E-state index contributed by atoms with van der Waals surface area (Å²) >= 11 is 3.08. The average molecular weight is 311 g/mol. The molecular formula is C14H17NO3S2. The lowest BCUT2D eigenvalue weighted by atomic mass is 10.3. The first-order valence-corrected chi connectivity index (χ1v) is 8.16. The van der Waals surface area contributed by atoms with Crippen molar-refractivity contribution < 1.29 is 14.3 Å². The van der Waals surface area contributed by atoms with Gasteiger partial charge in [0.05, 0.1) is 11.5 Å². The van der Waals surface area contributed by atoms with E-state index in [4.69, 9.17) is 4.74 Å². The second-order valence-electron chi connectivity index (χ2n) is 4.59. The van der Waals surface area contributed by atoms with Crippen molar-refractivity contribution in [2.45, 2.75) is 26.8 Å². The maximum atomic E-state index is 12.5. The molecule has 0 bridgehead atoms. The molecule has 0 aliphatic carbocycles. The molecule has 2 aromatic rings. The summed E-state index contributed by atoms with van der Waals surface area (Å²) in [7, 11) is 0. The minimum atomic E-state index is -0.368. The summed E-state index contributed by atoms with van der Waals surface area (Å²) in [5.41, 5.74) is 0. The van der Waals surface area contributed by atoms with E-state index in [9.17, 15) is 9.59 Å². The molecular weight excluding hydrogens is 294 g/mol. The zero-order chi connectivity index (χ0) is 14.7. The number of carbonyl (C=O) groups is 2. The Bertz CT molecular complexity index is 586. The van der Waals surface area contributed by atoms with Crippen LogP contribution in [-0.4, -0.2) is 36.0 Å². The van der Waals surface area contributed by atoms with E-state index >= 15 is 0 Å². The summed E-state index contributed by atoms with van der Waals surface area (Å²) in [5, 5.41) is 2.01. The second-order valence-corrected chi connectivity index (χ2v) is 6.62. The third kappa shape index (κ3) is 3.19.